The van der Waals surface area contributed by atoms with E-state index in [1.54, 1.807) is 6.07 Å². The molecular formula is C25H22F3N3O5. The number of hydrogen-bond acceptors (Lipinski definition) is 5. The fraction of sp³-hybridized carbons (Fsp3) is 0.280. The van der Waals surface area contributed by atoms with Crippen molar-refractivity contribution in [1.29, 1.82) is 0 Å². The molecule has 0 radical (unpaired) electrons. The smallest absolute Gasteiger partial charge is 0.416 e. The summed E-state index contributed by atoms with van der Waals surface area (Å²) in [6.07, 6.45) is -7.05. The van der Waals surface area contributed by atoms with E-state index in [-0.39, 0.29) is 18.9 Å². The van der Waals surface area contributed by atoms with Crippen LogP contribution in [0.1, 0.15) is 5.56 Å². The second-order valence-corrected chi connectivity index (χ2v) is 8.47. The molecule has 0 spiro atoms. The zero-order valence-corrected chi connectivity index (χ0v) is 18.7. The van der Waals surface area contributed by atoms with Gasteiger partial charge in [0.1, 0.15) is 12.2 Å². The van der Waals surface area contributed by atoms with E-state index in [2.05, 4.69) is 16.0 Å². The first kappa shape index (κ1) is 23.9. The molecule has 3 aromatic carbocycles. The van der Waals surface area contributed by atoms with Gasteiger partial charge in [0.05, 0.1) is 30.5 Å². The van der Waals surface area contributed by atoms with E-state index in [9.17, 15) is 22.8 Å². The first-order valence-corrected chi connectivity index (χ1v) is 11.2. The maximum atomic E-state index is 12.9. The highest BCUT2D eigenvalue weighted by Gasteiger charge is 2.50. The molecule has 2 heterocycles. The highest BCUT2D eigenvalue weighted by atomic mass is 19.4. The minimum atomic E-state index is -4.52. The van der Waals surface area contributed by atoms with Crippen LogP contribution in [0.15, 0.2) is 66.7 Å². The number of benzene rings is 3. The molecule has 0 saturated carbocycles. The Kier molecular flexibility index (Phi) is 6.42. The van der Waals surface area contributed by atoms with Crippen molar-refractivity contribution in [2.24, 2.45) is 0 Å². The van der Waals surface area contributed by atoms with Crippen LogP contribution >= 0.6 is 0 Å². The van der Waals surface area contributed by atoms with Gasteiger partial charge in [0.15, 0.2) is 6.10 Å². The molecule has 8 nitrogen and oxygen atoms in total. The van der Waals surface area contributed by atoms with Crippen molar-refractivity contribution in [2.75, 3.05) is 23.8 Å². The Balaban J connectivity index is 1.16. The van der Waals surface area contributed by atoms with Crippen molar-refractivity contribution in [3.05, 3.63) is 72.3 Å². The predicted octanol–water partition coefficient (Wildman–Crippen LogP) is 4.76. The van der Waals surface area contributed by atoms with Crippen LogP contribution in [0.2, 0.25) is 0 Å². The molecule has 0 aliphatic carbocycles. The summed E-state index contributed by atoms with van der Waals surface area (Å²) in [6.45, 7) is 0.169. The van der Waals surface area contributed by atoms with E-state index in [1.165, 1.54) is 12.1 Å². The summed E-state index contributed by atoms with van der Waals surface area (Å²) in [6, 6.07) is 16.2. The molecule has 3 N–H and O–H groups in total. The van der Waals surface area contributed by atoms with Crippen LogP contribution in [0, 0.1) is 0 Å². The van der Waals surface area contributed by atoms with Crippen molar-refractivity contribution >= 4 is 34.3 Å². The highest BCUT2D eigenvalue weighted by molar-refractivity contribution is 6.00. The average Bonchev–Trinajstić information content (AvgIpc) is 3.42. The second-order valence-electron chi connectivity index (χ2n) is 8.47. The van der Waals surface area contributed by atoms with Gasteiger partial charge in [-0.25, -0.2) is 9.59 Å². The van der Waals surface area contributed by atoms with Gasteiger partial charge in [0.25, 0.3) is 0 Å². The van der Waals surface area contributed by atoms with E-state index in [0.717, 1.165) is 22.9 Å². The molecule has 0 bridgehead atoms. The van der Waals surface area contributed by atoms with Gasteiger partial charge in [-0.3, -0.25) is 5.32 Å². The van der Waals surface area contributed by atoms with E-state index < -0.39 is 48.2 Å². The van der Waals surface area contributed by atoms with Crippen LogP contribution in [0.3, 0.4) is 0 Å². The molecule has 2 aliphatic heterocycles. The highest BCUT2D eigenvalue weighted by Crippen LogP contribution is 2.32. The number of carbonyl (C=O) groups excluding carboxylic acids is 2. The lowest BCUT2D eigenvalue weighted by atomic mass is 10.1. The lowest BCUT2D eigenvalue weighted by molar-refractivity contribution is -0.137. The molecule has 4 atom stereocenters. The third-order valence-electron chi connectivity index (χ3n) is 6.06. The summed E-state index contributed by atoms with van der Waals surface area (Å²) in [5.74, 6) is 0. The van der Waals surface area contributed by atoms with Gasteiger partial charge in [-0.1, -0.05) is 42.5 Å². The largest absolute Gasteiger partial charge is 0.441 e. The number of halogens is 3. The molecule has 2 saturated heterocycles. The number of rotatable bonds is 4. The molecule has 0 aromatic heterocycles. The molecule has 0 unspecified atom stereocenters. The van der Waals surface area contributed by atoms with Crippen LogP contribution in [-0.4, -0.2) is 49.7 Å². The SMILES string of the molecule is O=C(Nc1cccc(C(F)(F)F)c1)N[C@H]1CO[C@H]2[C@@H]1OC[C@H]2OC(=O)Nc1cccc2ccccc12. The Morgan fingerprint density at radius 2 is 1.64 bits per heavy atom. The summed E-state index contributed by atoms with van der Waals surface area (Å²) >= 11 is 0. The van der Waals surface area contributed by atoms with Crippen LogP contribution < -0.4 is 16.0 Å². The summed E-state index contributed by atoms with van der Waals surface area (Å²) in [5.41, 5.74) is -0.270. The van der Waals surface area contributed by atoms with E-state index >= 15 is 0 Å². The number of amides is 3. The molecule has 11 heteroatoms. The number of anilines is 2. The molecule has 3 aromatic rings. The third-order valence-corrected chi connectivity index (χ3v) is 6.06. The number of carbonyl (C=O) groups is 2. The summed E-state index contributed by atoms with van der Waals surface area (Å²) in [4.78, 5) is 24.9. The first-order valence-electron chi connectivity index (χ1n) is 11.2. The van der Waals surface area contributed by atoms with Crippen LogP contribution in [0.4, 0.5) is 34.1 Å². The lowest BCUT2D eigenvalue weighted by Crippen LogP contribution is -2.46. The number of alkyl halides is 3. The minimum Gasteiger partial charge on any atom is -0.441 e. The van der Waals surface area contributed by atoms with Gasteiger partial charge >= 0.3 is 18.3 Å². The minimum absolute atomic E-state index is 0.00329. The Hall–Kier alpha value is -3.83. The Labute approximate surface area is 203 Å². The summed E-state index contributed by atoms with van der Waals surface area (Å²) in [7, 11) is 0. The number of ether oxygens (including phenoxy) is 3. The van der Waals surface area contributed by atoms with E-state index in [4.69, 9.17) is 14.2 Å². The maximum absolute atomic E-state index is 12.9. The number of fused-ring (bicyclic) bond motifs is 2. The number of hydrogen-bond donors (Lipinski definition) is 3. The summed E-state index contributed by atoms with van der Waals surface area (Å²) in [5, 5.41) is 9.62. The molecule has 36 heavy (non-hydrogen) atoms. The van der Waals surface area contributed by atoms with Gasteiger partial charge < -0.3 is 24.8 Å². The number of nitrogens with one attached hydrogen (secondary N) is 3. The van der Waals surface area contributed by atoms with Crippen molar-refractivity contribution in [3.63, 3.8) is 0 Å². The quantitative estimate of drug-likeness (QED) is 0.479. The molecule has 3 amide bonds. The van der Waals surface area contributed by atoms with Gasteiger partial charge in [0.2, 0.25) is 0 Å². The van der Waals surface area contributed by atoms with Crippen LogP contribution in [0.25, 0.3) is 10.8 Å². The standard InChI is InChI=1S/C25H22F3N3O5/c26-25(27,28)15-7-4-8-16(11-15)29-23(32)30-19-12-34-22-20(13-35-21(19)22)36-24(33)31-18-10-3-6-14-5-1-2-9-17(14)18/h1-11,19-22H,12-13H2,(H,31,33)(H2,29,30,32)/t19-,20+,21+,22+/m0/s1. The normalized spacial score (nSPS) is 23.2. The molecule has 2 aliphatic rings. The summed E-state index contributed by atoms with van der Waals surface area (Å²) < 4.78 is 55.7. The van der Waals surface area contributed by atoms with Crippen molar-refractivity contribution in [1.82, 2.24) is 5.32 Å². The molecular weight excluding hydrogens is 479 g/mol. The van der Waals surface area contributed by atoms with Crippen molar-refractivity contribution < 1.29 is 37.0 Å². The molecule has 188 valence electrons. The van der Waals surface area contributed by atoms with Gasteiger partial charge in [0, 0.05) is 11.1 Å². The maximum Gasteiger partial charge on any atom is 0.416 e. The topological polar surface area (TPSA) is 97.9 Å². The lowest BCUT2D eigenvalue weighted by Gasteiger charge is -2.18. The average molecular weight is 501 g/mol. The third kappa shape index (κ3) is 5.07. The predicted molar refractivity (Wildman–Crippen MR) is 125 cm³/mol. The number of urea groups is 1. The van der Waals surface area contributed by atoms with Crippen molar-refractivity contribution in [2.45, 2.75) is 30.5 Å². The Morgan fingerprint density at radius 3 is 2.47 bits per heavy atom. The zero-order valence-electron chi connectivity index (χ0n) is 18.7. The van der Waals surface area contributed by atoms with Gasteiger partial charge in [-0.15, -0.1) is 0 Å². The van der Waals surface area contributed by atoms with E-state index in [1.807, 2.05) is 36.4 Å². The monoisotopic (exact) mass is 501 g/mol. The second kappa shape index (κ2) is 9.67. The molecule has 5 rings (SSSR count). The zero-order chi connectivity index (χ0) is 25.3. The van der Waals surface area contributed by atoms with Crippen molar-refractivity contribution in [3.8, 4) is 0 Å². The van der Waals surface area contributed by atoms with Gasteiger partial charge in [-0.2, -0.15) is 13.2 Å². The Bertz CT molecular complexity index is 1280. The van der Waals surface area contributed by atoms with Gasteiger partial charge in [-0.05, 0) is 29.7 Å². The molecule has 2 fully saturated rings. The Morgan fingerprint density at radius 1 is 0.889 bits per heavy atom. The fourth-order valence-corrected chi connectivity index (χ4v) is 4.41. The van der Waals surface area contributed by atoms with Crippen LogP contribution in [-0.2, 0) is 20.4 Å². The first-order chi connectivity index (χ1) is 17.3. The fourth-order valence-electron chi connectivity index (χ4n) is 4.41. The van der Waals surface area contributed by atoms with Crippen LogP contribution in [0.5, 0.6) is 0 Å². The van der Waals surface area contributed by atoms with E-state index in [0.29, 0.717) is 5.69 Å².